The van der Waals surface area contributed by atoms with E-state index in [1.165, 1.54) is 0 Å². The van der Waals surface area contributed by atoms with Gasteiger partial charge in [0.2, 0.25) is 5.89 Å². The van der Waals surface area contributed by atoms with Crippen LogP contribution >= 0.6 is 0 Å². The van der Waals surface area contributed by atoms with E-state index in [1.54, 1.807) is 7.11 Å². The largest absolute Gasteiger partial charge is 0.497 e. The number of nitrogens with zero attached hydrogens (tertiary/aromatic N) is 2. The topological polar surface area (TPSA) is 73.2 Å². The monoisotopic (exact) mass is 361 g/mol. The lowest BCUT2D eigenvalue weighted by Crippen LogP contribution is -2.19. The van der Waals surface area contributed by atoms with Crippen molar-refractivity contribution < 1.29 is 13.9 Å². The number of aryl methyl sites for hydroxylation is 1. The molecule has 27 heavy (non-hydrogen) atoms. The van der Waals surface area contributed by atoms with Crippen molar-refractivity contribution >= 4 is 11.1 Å². The zero-order valence-electron chi connectivity index (χ0n) is 15.2. The molecule has 4 aromatic rings. The van der Waals surface area contributed by atoms with Crippen LogP contribution in [-0.4, -0.2) is 28.9 Å². The molecule has 6 nitrogen and oxygen atoms in total. The molecule has 1 aliphatic rings. The van der Waals surface area contributed by atoms with Crippen LogP contribution in [0.25, 0.3) is 22.2 Å². The van der Waals surface area contributed by atoms with Gasteiger partial charge in [0.25, 0.3) is 0 Å². The summed E-state index contributed by atoms with van der Waals surface area (Å²) in [4.78, 5) is 4.70. The van der Waals surface area contributed by atoms with Gasteiger partial charge in [-0.3, -0.25) is 5.10 Å². The Hall–Kier alpha value is -3.28. The van der Waals surface area contributed by atoms with Crippen LogP contribution in [0, 0.1) is 6.92 Å². The first-order valence-electron chi connectivity index (χ1n) is 8.92. The third-order valence-corrected chi connectivity index (χ3v) is 5.07. The number of aromatic nitrogens is 3. The second-order valence-electron chi connectivity index (χ2n) is 6.83. The zero-order chi connectivity index (χ0) is 18.4. The van der Waals surface area contributed by atoms with E-state index < -0.39 is 0 Å². The molecule has 5 rings (SSSR count). The molecular formula is C21H19N3O3. The van der Waals surface area contributed by atoms with Gasteiger partial charge in [0.15, 0.2) is 5.58 Å². The standard InChI is InChI=1S/C21H19N3O3/c1-12-17(10-22-24-12)13-3-5-18-20(9-13)27-21(23-18)15-7-14-8-16(25-2)4-6-19(14)26-11-15/h3-6,8-10,15H,7,11H2,1-2H3,(H,22,24)/t15-/m1/s1. The maximum Gasteiger partial charge on any atom is 0.202 e. The quantitative estimate of drug-likeness (QED) is 0.590. The number of rotatable bonds is 3. The highest BCUT2D eigenvalue weighted by Gasteiger charge is 2.26. The van der Waals surface area contributed by atoms with Crippen LogP contribution in [-0.2, 0) is 6.42 Å². The van der Waals surface area contributed by atoms with Crippen molar-refractivity contribution in [2.45, 2.75) is 19.3 Å². The first kappa shape index (κ1) is 15.9. The lowest BCUT2D eigenvalue weighted by Gasteiger charge is -2.23. The van der Waals surface area contributed by atoms with E-state index >= 15 is 0 Å². The van der Waals surface area contributed by atoms with Crippen LogP contribution in [0.2, 0.25) is 0 Å². The average molecular weight is 361 g/mol. The lowest BCUT2D eigenvalue weighted by atomic mass is 9.96. The summed E-state index contributed by atoms with van der Waals surface area (Å²) in [5.41, 5.74) is 5.90. The van der Waals surface area contributed by atoms with Crippen LogP contribution in [0.3, 0.4) is 0 Å². The number of H-pyrrole nitrogens is 1. The molecule has 0 spiro atoms. The maximum atomic E-state index is 6.10. The molecule has 0 fully saturated rings. The number of benzene rings is 2. The van der Waals surface area contributed by atoms with E-state index in [4.69, 9.17) is 18.9 Å². The molecule has 2 aromatic heterocycles. The number of hydrogen-bond donors (Lipinski definition) is 1. The van der Waals surface area contributed by atoms with Gasteiger partial charge in [-0.05, 0) is 54.8 Å². The molecule has 0 radical (unpaired) electrons. The van der Waals surface area contributed by atoms with Crippen molar-refractivity contribution in [3.8, 4) is 22.6 Å². The highest BCUT2D eigenvalue weighted by Crippen LogP contribution is 2.36. The first-order valence-corrected chi connectivity index (χ1v) is 8.92. The predicted octanol–water partition coefficient (Wildman–Crippen LogP) is 4.25. The highest BCUT2D eigenvalue weighted by atomic mass is 16.5. The smallest absolute Gasteiger partial charge is 0.202 e. The number of fused-ring (bicyclic) bond motifs is 2. The summed E-state index contributed by atoms with van der Waals surface area (Å²) >= 11 is 0. The lowest BCUT2D eigenvalue weighted by molar-refractivity contribution is 0.243. The molecule has 0 bridgehead atoms. The van der Waals surface area contributed by atoms with Gasteiger partial charge in [0.1, 0.15) is 23.6 Å². The van der Waals surface area contributed by atoms with Crippen molar-refractivity contribution in [2.24, 2.45) is 0 Å². The Kier molecular flexibility index (Phi) is 3.63. The predicted molar refractivity (Wildman–Crippen MR) is 101 cm³/mol. The molecule has 0 unspecified atom stereocenters. The number of oxazole rings is 1. The first-order chi connectivity index (χ1) is 13.2. The van der Waals surface area contributed by atoms with Crippen LogP contribution in [0.1, 0.15) is 23.1 Å². The van der Waals surface area contributed by atoms with Crippen LogP contribution < -0.4 is 9.47 Å². The Bertz CT molecular complexity index is 1130. The highest BCUT2D eigenvalue weighted by molar-refractivity contribution is 5.80. The van der Waals surface area contributed by atoms with Crippen molar-refractivity contribution in [1.29, 1.82) is 0 Å². The van der Waals surface area contributed by atoms with Gasteiger partial charge in [-0.1, -0.05) is 6.07 Å². The van der Waals surface area contributed by atoms with Gasteiger partial charge in [0, 0.05) is 11.3 Å². The summed E-state index contributed by atoms with van der Waals surface area (Å²) in [5.74, 6) is 2.52. The molecular weight excluding hydrogens is 342 g/mol. The molecule has 2 aromatic carbocycles. The van der Waals surface area contributed by atoms with E-state index in [0.717, 1.165) is 51.4 Å². The Morgan fingerprint density at radius 2 is 2.11 bits per heavy atom. The van der Waals surface area contributed by atoms with Gasteiger partial charge in [-0.2, -0.15) is 5.10 Å². The summed E-state index contributed by atoms with van der Waals surface area (Å²) in [6.07, 6.45) is 2.64. The van der Waals surface area contributed by atoms with E-state index in [-0.39, 0.29) is 5.92 Å². The minimum atomic E-state index is 0.0797. The molecule has 1 aliphatic heterocycles. The van der Waals surface area contributed by atoms with Crippen LogP contribution in [0.15, 0.2) is 47.0 Å². The third kappa shape index (κ3) is 2.73. The van der Waals surface area contributed by atoms with Gasteiger partial charge in [0.05, 0.1) is 19.2 Å². The van der Waals surface area contributed by atoms with Gasteiger partial charge >= 0.3 is 0 Å². The van der Waals surface area contributed by atoms with Crippen LogP contribution in [0.5, 0.6) is 11.5 Å². The fourth-order valence-electron chi connectivity index (χ4n) is 3.58. The van der Waals surface area contributed by atoms with Crippen LogP contribution in [0.4, 0.5) is 0 Å². The second kappa shape index (κ2) is 6.16. The van der Waals surface area contributed by atoms with Crippen molar-refractivity contribution in [2.75, 3.05) is 13.7 Å². The molecule has 136 valence electrons. The van der Waals surface area contributed by atoms with Crippen molar-refractivity contribution in [1.82, 2.24) is 15.2 Å². The third-order valence-electron chi connectivity index (χ3n) is 5.07. The summed E-state index contributed by atoms with van der Waals surface area (Å²) < 4.78 is 17.3. The molecule has 1 N–H and O–H groups in total. The summed E-state index contributed by atoms with van der Waals surface area (Å²) in [5, 5.41) is 7.06. The SMILES string of the molecule is COc1ccc2c(c1)C[C@@H](c1nc3ccc(-c4cn[nH]c4C)cc3o1)CO2. The summed E-state index contributed by atoms with van der Waals surface area (Å²) in [6.45, 7) is 2.56. The molecule has 1 atom stereocenters. The Labute approximate surface area is 156 Å². The Balaban J connectivity index is 1.48. The molecule has 0 saturated heterocycles. The maximum absolute atomic E-state index is 6.10. The van der Waals surface area contributed by atoms with Crippen molar-refractivity contribution in [3.05, 3.63) is 59.7 Å². The Morgan fingerprint density at radius 1 is 1.19 bits per heavy atom. The number of aromatic amines is 1. The molecule has 0 aliphatic carbocycles. The number of methoxy groups -OCH3 is 1. The Morgan fingerprint density at radius 3 is 2.93 bits per heavy atom. The van der Waals surface area contributed by atoms with E-state index in [1.807, 2.05) is 49.5 Å². The number of ether oxygens (including phenoxy) is 2. The summed E-state index contributed by atoms with van der Waals surface area (Å²) in [6, 6.07) is 11.9. The molecule has 3 heterocycles. The molecule has 6 heteroatoms. The van der Waals surface area contributed by atoms with E-state index in [0.29, 0.717) is 12.5 Å². The second-order valence-corrected chi connectivity index (χ2v) is 6.83. The number of hydrogen-bond acceptors (Lipinski definition) is 5. The normalized spacial score (nSPS) is 16.1. The van der Waals surface area contributed by atoms with Gasteiger partial charge in [-0.25, -0.2) is 4.98 Å². The van der Waals surface area contributed by atoms with E-state index in [2.05, 4.69) is 10.2 Å². The summed E-state index contributed by atoms with van der Waals surface area (Å²) in [7, 11) is 1.67. The fourth-order valence-corrected chi connectivity index (χ4v) is 3.58. The minimum Gasteiger partial charge on any atom is -0.497 e. The zero-order valence-corrected chi connectivity index (χ0v) is 15.2. The molecule has 0 amide bonds. The van der Waals surface area contributed by atoms with Gasteiger partial charge < -0.3 is 13.9 Å². The average Bonchev–Trinajstić information content (AvgIpc) is 3.32. The molecule has 0 saturated carbocycles. The van der Waals surface area contributed by atoms with Crippen molar-refractivity contribution in [3.63, 3.8) is 0 Å². The minimum absolute atomic E-state index is 0.0797. The fraction of sp³-hybridized carbons (Fsp3) is 0.238. The van der Waals surface area contributed by atoms with E-state index in [9.17, 15) is 0 Å². The number of nitrogens with one attached hydrogen (secondary N) is 1. The van der Waals surface area contributed by atoms with Gasteiger partial charge in [-0.15, -0.1) is 0 Å².